The molecule has 1 rings (SSSR count). The molecule has 1 aliphatic carbocycles. The van der Waals surface area contributed by atoms with Crippen molar-refractivity contribution in [1.29, 1.82) is 0 Å². The first-order valence-electron chi connectivity index (χ1n) is 6.19. The zero-order chi connectivity index (χ0) is 12.0. The van der Waals surface area contributed by atoms with Crippen molar-refractivity contribution in [3.8, 4) is 0 Å². The molecule has 0 spiro atoms. The Morgan fingerprint density at radius 1 is 1.44 bits per heavy atom. The second kappa shape index (κ2) is 6.21. The highest BCUT2D eigenvalue weighted by Crippen LogP contribution is 2.31. The summed E-state index contributed by atoms with van der Waals surface area (Å²) in [5.41, 5.74) is -0.546. The number of nitrogens with one attached hydrogen (secondary N) is 2. The molecule has 3 N–H and O–H groups in total. The van der Waals surface area contributed by atoms with Gasteiger partial charge >= 0.3 is 0 Å². The van der Waals surface area contributed by atoms with Crippen LogP contribution in [0.25, 0.3) is 0 Å². The zero-order valence-electron chi connectivity index (χ0n) is 10.4. The topological polar surface area (TPSA) is 61.4 Å². The van der Waals surface area contributed by atoms with Gasteiger partial charge in [0.05, 0.1) is 5.60 Å². The summed E-state index contributed by atoms with van der Waals surface area (Å²) >= 11 is 0. The van der Waals surface area contributed by atoms with Crippen molar-refractivity contribution in [3.63, 3.8) is 0 Å². The van der Waals surface area contributed by atoms with Crippen LogP contribution in [0.1, 0.15) is 39.0 Å². The molecule has 1 fully saturated rings. The maximum atomic E-state index is 11.0. The fourth-order valence-corrected chi connectivity index (χ4v) is 2.12. The van der Waals surface area contributed by atoms with E-state index in [-0.39, 0.29) is 5.91 Å². The van der Waals surface area contributed by atoms with Gasteiger partial charge in [0.15, 0.2) is 0 Å². The second-order valence-corrected chi connectivity index (χ2v) is 5.01. The van der Waals surface area contributed by atoms with Crippen LogP contribution in [-0.4, -0.2) is 36.8 Å². The maximum absolute atomic E-state index is 11.0. The minimum absolute atomic E-state index is 0.0387. The maximum Gasteiger partial charge on any atom is 0.221 e. The lowest BCUT2D eigenvalue weighted by atomic mass is 9.79. The Morgan fingerprint density at radius 3 is 2.62 bits per heavy atom. The van der Waals surface area contributed by atoms with Crippen molar-refractivity contribution in [2.45, 2.75) is 44.6 Å². The summed E-state index contributed by atoms with van der Waals surface area (Å²) in [5, 5.41) is 16.0. The van der Waals surface area contributed by atoms with E-state index in [9.17, 15) is 9.90 Å². The Labute approximate surface area is 97.8 Å². The van der Waals surface area contributed by atoms with Crippen molar-refractivity contribution in [2.24, 2.45) is 5.92 Å². The molecule has 0 atom stereocenters. The Balaban J connectivity index is 2.14. The van der Waals surface area contributed by atoms with Crippen LogP contribution in [0.15, 0.2) is 0 Å². The molecule has 0 unspecified atom stereocenters. The Morgan fingerprint density at radius 2 is 2.06 bits per heavy atom. The van der Waals surface area contributed by atoms with Crippen LogP contribution in [0.2, 0.25) is 0 Å². The number of carbonyl (C=O) groups excluding carboxylic acids is 1. The first kappa shape index (κ1) is 13.5. The van der Waals surface area contributed by atoms with Crippen LogP contribution in [0, 0.1) is 5.92 Å². The molecule has 16 heavy (non-hydrogen) atoms. The Bertz CT molecular complexity index is 223. The van der Waals surface area contributed by atoms with Gasteiger partial charge in [0.1, 0.15) is 0 Å². The van der Waals surface area contributed by atoms with E-state index in [0.717, 1.165) is 31.6 Å². The molecular formula is C12H24N2O2. The van der Waals surface area contributed by atoms with E-state index in [2.05, 4.69) is 17.6 Å². The van der Waals surface area contributed by atoms with Crippen molar-refractivity contribution >= 4 is 5.91 Å². The molecule has 1 aliphatic rings. The van der Waals surface area contributed by atoms with E-state index in [1.54, 1.807) is 7.05 Å². The molecule has 0 bridgehead atoms. The third-order valence-electron chi connectivity index (χ3n) is 3.47. The number of hydrogen-bond donors (Lipinski definition) is 3. The lowest BCUT2D eigenvalue weighted by Gasteiger charge is -2.35. The number of amides is 1. The van der Waals surface area contributed by atoms with Crippen LogP contribution in [0.4, 0.5) is 0 Å². The highest BCUT2D eigenvalue weighted by Gasteiger charge is 2.31. The molecule has 0 aliphatic heterocycles. The molecule has 4 nitrogen and oxygen atoms in total. The van der Waals surface area contributed by atoms with Gasteiger partial charge in [0.25, 0.3) is 0 Å². The van der Waals surface area contributed by atoms with Crippen molar-refractivity contribution < 1.29 is 9.90 Å². The molecule has 0 aromatic heterocycles. The van der Waals surface area contributed by atoms with Gasteiger partial charge in [-0.3, -0.25) is 4.79 Å². The SMILES string of the molecule is CNC(=O)CCNCC1(O)CCC(C)CC1. The molecule has 1 saturated carbocycles. The quantitative estimate of drug-likeness (QED) is 0.606. The van der Waals surface area contributed by atoms with Crippen LogP contribution in [0.5, 0.6) is 0 Å². The van der Waals surface area contributed by atoms with E-state index in [0.29, 0.717) is 19.5 Å². The summed E-state index contributed by atoms with van der Waals surface area (Å²) in [4.78, 5) is 11.0. The summed E-state index contributed by atoms with van der Waals surface area (Å²) in [6.45, 7) is 3.48. The fraction of sp³-hybridized carbons (Fsp3) is 0.917. The normalized spacial score (nSPS) is 30.1. The van der Waals surface area contributed by atoms with E-state index in [4.69, 9.17) is 0 Å². The van der Waals surface area contributed by atoms with Crippen molar-refractivity contribution in [2.75, 3.05) is 20.1 Å². The lowest BCUT2D eigenvalue weighted by Crippen LogP contribution is -2.44. The Kier molecular flexibility index (Phi) is 5.22. The predicted octanol–water partition coefficient (Wildman–Crippen LogP) is 0.653. The molecular weight excluding hydrogens is 204 g/mol. The van der Waals surface area contributed by atoms with Gasteiger partial charge in [-0.05, 0) is 31.6 Å². The van der Waals surface area contributed by atoms with Crippen LogP contribution in [0.3, 0.4) is 0 Å². The summed E-state index contributed by atoms with van der Waals surface area (Å²) < 4.78 is 0. The molecule has 0 radical (unpaired) electrons. The monoisotopic (exact) mass is 228 g/mol. The molecule has 4 heteroatoms. The third-order valence-corrected chi connectivity index (χ3v) is 3.47. The van der Waals surface area contributed by atoms with Gasteiger partial charge in [0, 0.05) is 26.6 Å². The summed E-state index contributed by atoms with van der Waals surface area (Å²) in [6.07, 6.45) is 4.44. The van der Waals surface area contributed by atoms with Crippen molar-refractivity contribution in [1.82, 2.24) is 10.6 Å². The van der Waals surface area contributed by atoms with Crippen molar-refractivity contribution in [3.05, 3.63) is 0 Å². The highest BCUT2D eigenvalue weighted by atomic mass is 16.3. The number of rotatable bonds is 5. The molecule has 0 aromatic carbocycles. The van der Waals surface area contributed by atoms with Crippen LogP contribution in [-0.2, 0) is 4.79 Å². The van der Waals surface area contributed by atoms with Gasteiger partial charge in [-0.2, -0.15) is 0 Å². The number of hydrogen-bond acceptors (Lipinski definition) is 3. The van der Waals surface area contributed by atoms with Crippen LogP contribution >= 0.6 is 0 Å². The molecule has 94 valence electrons. The average molecular weight is 228 g/mol. The first-order chi connectivity index (χ1) is 7.56. The predicted molar refractivity (Wildman–Crippen MR) is 64.1 cm³/mol. The fourth-order valence-electron chi connectivity index (χ4n) is 2.12. The first-order valence-corrected chi connectivity index (χ1v) is 6.19. The molecule has 0 aromatic rings. The minimum atomic E-state index is -0.546. The molecule has 0 heterocycles. The van der Waals surface area contributed by atoms with E-state index in [1.165, 1.54) is 0 Å². The van der Waals surface area contributed by atoms with E-state index < -0.39 is 5.60 Å². The molecule has 0 saturated heterocycles. The molecule has 1 amide bonds. The van der Waals surface area contributed by atoms with E-state index in [1.807, 2.05) is 0 Å². The third kappa shape index (κ3) is 4.49. The largest absolute Gasteiger partial charge is 0.389 e. The van der Waals surface area contributed by atoms with Gasteiger partial charge in [-0.1, -0.05) is 6.92 Å². The van der Waals surface area contributed by atoms with Gasteiger partial charge in [-0.25, -0.2) is 0 Å². The number of aliphatic hydroxyl groups is 1. The standard InChI is InChI=1S/C12H24N2O2/c1-10-3-6-12(16,7-4-10)9-14-8-5-11(15)13-2/h10,14,16H,3-9H2,1-2H3,(H,13,15). The Hall–Kier alpha value is -0.610. The highest BCUT2D eigenvalue weighted by molar-refractivity contribution is 5.75. The van der Waals surface area contributed by atoms with Gasteiger partial charge in [-0.15, -0.1) is 0 Å². The summed E-state index contributed by atoms with van der Waals surface area (Å²) in [5.74, 6) is 0.780. The van der Waals surface area contributed by atoms with Crippen LogP contribution < -0.4 is 10.6 Å². The average Bonchev–Trinajstić information content (AvgIpc) is 2.29. The lowest BCUT2D eigenvalue weighted by molar-refractivity contribution is -0.120. The van der Waals surface area contributed by atoms with Gasteiger partial charge < -0.3 is 15.7 Å². The summed E-state index contributed by atoms with van der Waals surface area (Å²) in [7, 11) is 1.64. The summed E-state index contributed by atoms with van der Waals surface area (Å²) in [6, 6.07) is 0. The second-order valence-electron chi connectivity index (χ2n) is 5.01. The van der Waals surface area contributed by atoms with E-state index >= 15 is 0 Å². The number of carbonyl (C=O) groups is 1. The minimum Gasteiger partial charge on any atom is -0.389 e. The smallest absolute Gasteiger partial charge is 0.221 e. The van der Waals surface area contributed by atoms with Gasteiger partial charge in [0.2, 0.25) is 5.91 Å². The zero-order valence-corrected chi connectivity index (χ0v) is 10.4.